The highest BCUT2D eigenvalue weighted by Crippen LogP contribution is 2.43. The Balaban J connectivity index is 0.000000255. The van der Waals surface area contributed by atoms with E-state index in [2.05, 4.69) is 95.8 Å². The largest absolute Gasteiger partial charge is 0.494 e. The van der Waals surface area contributed by atoms with Crippen molar-refractivity contribution in [2.24, 2.45) is 29.6 Å². The highest BCUT2D eigenvalue weighted by Gasteiger charge is 2.36. The highest BCUT2D eigenvalue weighted by atomic mass is 28.3. The zero-order valence-electron chi connectivity index (χ0n) is 69.4. The lowest BCUT2D eigenvalue weighted by Gasteiger charge is -2.36. The summed E-state index contributed by atoms with van der Waals surface area (Å²) in [5.41, 5.74) is 2.76. The molecule has 0 N–H and O–H groups in total. The smallest absolute Gasteiger partial charge is 0.343 e. The van der Waals surface area contributed by atoms with E-state index in [-0.39, 0.29) is 47.7 Å². The Labute approximate surface area is 694 Å². The number of hydrogen-bond donors (Lipinski definition) is 0. The summed E-state index contributed by atoms with van der Waals surface area (Å²) in [6.45, 7) is 27.8. The van der Waals surface area contributed by atoms with Gasteiger partial charge in [-0.2, -0.15) is 5.26 Å². The summed E-state index contributed by atoms with van der Waals surface area (Å²) in [5, 5.41) is 11.3. The molecule has 0 unspecified atom stereocenters. The molecule has 0 saturated heterocycles. The molecule has 0 radical (unpaired) electrons. The van der Waals surface area contributed by atoms with Crippen molar-refractivity contribution in [3.05, 3.63) is 218 Å². The zero-order valence-corrected chi connectivity index (χ0v) is 71.4. The van der Waals surface area contributed by atoms with E-state index in [0.29, 0.717) is 103 Å². The second kappa shape index (κ2) is 50.9. The molecule has 0 aromatic heterocycles. The van der Waals surface area contributed by atoms with Crippen LogP contribution in [-0.2, 0) is 47.7 Å². The monoisotopic (exact) mass is 1630 g/mol. The van der Waals surface area contributed by atoms with Crippen molar-refractivity contribution in [1.82, 2.24) is 0 Å². The molecule has 3 aliphatic carbocycles. The number of carbonyl (C=O) groups is 8. The van der Waals surface area contributed by atoms with Gasteiger partial charge in [0.25, 0.3) is 0 Å². The highest BCUT2D eigenvalue weighted by molar-refractivity contribution is 6.90. The van der Waals surface area contributed by atoms with Gasteiger partial charge >= 0.3 is 47.8 Å². The van der Waals surface area contributed by atoms with E-state index in [0.717, 1.165) is 145 Å². The Kier molecular flexibility index (Phi) is 40.8. The topological polar surface area (TPSA) is 253 Å². The van der Waals surface area contributed by atoms with Gasteiger partial charge in [0.05, 0.1) is 90.4 Å². The van der Waals surface area contributed by atoms with Crippen LogP contribution in [0.1, 0.15) is 199 Å². The Morgan fingerprint density at radius 2 is 0.692 bits per heavy atom. The molecular weight excluding hydrogens is 1510 g/mol. The third-order valence-corrected chi connectivity index (χ3v) is 29.2. The van der Waals surface area contributed by atoms with Gasteiger partial charge in [-0.05, 0) is 280 Å². The molecule has 19 nitrogen and oxygen atoms in total. The van der Waals surface area contributed by atoms with Crippen LogP contribution in [0.3, 0.4) is 0 Å². The molecule has 6 aromatic rings. The summed E-state index contributed by atoms with van der Waals surface area (Å²) in [6, 6.07) is 48.1. The van der Waals surface area contributed by atoms with Crippen molar-refractivity contribution in [3.8, 4) is 40.6 Å². The fourth-order valence-electron chi connectivity index (χ4n) is 15.0. The lowest BCUT2D eigenvalue weighted by Crippen LogP contribution is -2.41. The maximum Gasteiger partial charge on any atom is 0.343 e. The lowest BCUT2D eigenvalue weighted by atomic mass is 9.69. The van der Waals surface area contributed by atoms with Gasteiger partial charge in [-0.25, -0.2) is 28.8 Å². The van der Waals surface area contributed by atoms with Crippen molar-refractivity contribution >= 4 is 74.3 Å². The van der Waals surface area contributed by atoms with Crippen LogP contribution in [0.15, 0.2) is 196 Å². The second-order valence-corrected chi connectivity index (χ2v) is 41.3. The summed E-state index contributed by atoms with van der Waals surface area (Å²) < 4.78 is 54.0. The number of hydrogen-bond acceptors (Lipinski definition) is 19. The number of carbonyl (C=O) groups excluding carboxylic acids is 8. The number of nitriles is 1. The second-order valence-electron chi connectivity index (χ2n) is 31.6. The molecule has 0 bridgehead atoms. The van der Waals surface area contributed by atoms with Gasteiger partial charge in [0.15, 0.2) is 0 Å². The normalized spacial score (nSPS) is 16.9. The van der Waals surface area contributed by atoms with Gasteiger partial charge in [-0.3, -0.25) is 9.59 Å². The first-order valence-electron chi connectivity index (χ1n) is 41.8. The molecule has 0 aliphatic heterocycles. The van der Waals surface area contributed by atoms with E-state index in [4.69, 9.17) is 52.6 Å². The Bertz CT molecular complexity index is 4030. The summed E-state index contributed by atoms with van der Waals surface area (Å²) in [4.78, 5) is 95.3. The number of ether oxygens (including phenoxy) is 10. The minimum absolute atomic E-state index is 0.0759. The predicted molar refractivity (Wildman–Crippen MR) is 461 cm³/mol. The van der Waals surface area contributed by atoms with Gasteiger partial charge in [-0.1, -0.05) is 131 Å². The molecule has 0 spiro atoms. The van der Waals surface area contributed by atoms with Crippen LogP contribution in [0.4, 0.5) is 0 Å². The van der Waals surface area contributed by atoms with E-state index < -0.39 is 28.1 Å². The lowest BCUT2D eigenvalue weighted by molar-refractivity contribution is -0.142. The van der Waals surface area contributed by atoms with Crippen LogP contribution in [-0.4, -0.2) is 104 Å². The van der Waals surface area contributed by atoms with Crippen molar-refractivity contribution < 1.29 is 85.7 Å². The number of esters is 8. The SMILES string of the molecule is C=CC(=O)OCCCCCCOc1ccc(C(=O)Oc2ccc(C#N)cc2)cc1.C=CC(=O)OCCCCCCOc1ccc(C(=O)Oc2ccc(C3CCC(CCC)CC3)cc2)cc1.C=CC(=O)OCCC[Si](C)(C)c1ccc(OC(=O)C2CCC(C3CCC(C(=O)Oc4ccc([Si](C)(C)CCCOC(=O)C=C)cc4)CC3)CC2)cc1. The van der Waals surface area contributed by atoms with Crippen molar-refractivity contribution in [1.29, 1.82) is 5.26 Å². The summed E-state index contributed by atoms with van der Waals surface area (Å²) in [7, 11) is -3.44. The van der Waals surface area contributed by atoms with Crippen molar-refractivity contribution in [2.45, 2.75) is 205 Å². The van der Waals surface area contributed by atoms with E-state index in [1.807, 2.05) is 42.5 Å². The van der Waals surface area contributed by atoms with Crippen LogP contribution in [0.25, 0.3) is 0 Å². The van der Waals surface area contributed by atoms with E-state index >= 15 is 0 Å². The van der Waals surface area contributed by atoms with Crippen LogP contribution < -0.4 is 38.8 Å². The zero-order chi connectivity index (χ0) is 84.2. The van der Waals surface area contributed by atoms with Crippen molar-refractivity contribution in [3.63, 3.8) is 0 Å². The number of benzene rings is 6. The van der Waals surface area contributed by atoms with Crippen LogP contribution in [0.5, 0.6) is 34.5 Å². The third kappa shape index (κ3) is 34.0. The van der Waals surface area contributed by atoms with Gasteiger partial charge in [0.2, 0.25) is 0 Å². The van der Waals surface area contributed by atoms with E-state index in [1.54, 1.807) is 72.8 Å². The quantitative estimate of drug-likeness (QED) is 0.00862. The van der Waals surface area contributed by atoms with Gasteiger partial charge < -0.3 is 47.4 Å². The Morgan fingerprint density at radius 3 is 1.03 bits per heavy atom. The Morgan fingerprint density at radius 1 is 0.376 bits per heavy atom. The number of nitrogens with zero attached hydrogens (tertiary/aromatic N) is 1. The maximum atomic E-state index is 13.1. The molecule has 6 aromatic carbocycles. The first-order valence-corrected chi connectivity index (χ1v) is 48.2. The van der Waals surface area contributed by atoms with Crippen LogP contribution in [0, 0.1) is 40.9 Å². The van der Waals surface area contributed by atoms with Gasteiger partial charge in [0.1, 0.15) is 34.5 Å². The average molecular weight is 1630 g/mol. The molecule has 0 heterocycles. The molecule has 0 atom stereocenters. The number of rotatable bonds is 42. The molecule has 3 fully saturated rings. The Hall–Kier alpha value is -10.4. The fraction of sp³-hybridized carbons (Fsp3) is 0.448. The summed E-state index contributed by atoms with van der Waals surface area (Å²) in [5.74, 6) is 3.43. The molecule has 0 amide bonds. The van der Waals surface area contributed by atoms with E-state index in [1.165, 1.54) is 72.7 Å². The van der Waals surface area contributed by atoms with E-state index in [9.17, 15) is 38.4 Å². The molecule has 117 heavy (non-hydrogen) atoms. The molecule has 626 valence electrons. The molecule has 3 saturated carbocycles. The fourth-order valence-corrected chi connectivity index (χ4v) is 19.8. The third-order valence-electron chi connectivity index (χ3n) is 22.2. The first-order chi connectivity index (χ1) is 56.5. The molecule has 9 rings (SSSR count). The first kappa shape index (κ1) is 93.7. The predicted octanol–water partition coefficient (Wildman–Crippen LogP) is 20.0. The maximum absolute atomic E-state index is 13.1. The van der Waals surface area contributed by atoms with Crippen molar-refractivity contribution in [2.75, 3.05) is 39.6 Å². The number of unbranched alkanes of at least 4 members (excludes halogenated alkanes) is 6. The molecule has 21 heteroatoms. The summed E-state index contributed by atoms with van der Waals surface area (Å²) in [6.07, 6.45) is 28.9. The average Bonchev–Trinajstić information content (AvgIpc) is 0.866. The van der Waals surface area contributed by atoms with Crippen LogP contribution >= 0.6 is 0 Å². The minimum atomic E-state index is -1.72. The standard InChI is InChI=1S/C42H58O8Si2.C31H40O5.C23H23NO5/c1-7-39(43)47-27-9-29-51(3,4)37-23-19-35(20-24-37)49-41(45)33-15-11-31(12-16-33)32-13-17-34(18-14-32)42(46)50-36-21-25-38(26-22-36)52(5,6)30-10-28-48-40(44)8-2;1-3-9-24-10-12-25(13-11-24)26-14-20-29(21-15-26)36-31(33)27-16-18-28(19-17-27)34-22-7-5-6-8-23-35-30(32)4-2;1-2-22(25)28-16-6-4-3-5-15-27-20-13-9-19(10-14-20)23(26)29-21-11-7-18(17-24)8-12-21/h7-8,19-26,31-34H,1-2,9-18,27-30H2,3-6H3;4,14-21,24-25H,2-3,5-13,22-23H2,1H3;2,7-14H,1,3-6,15-16H2. The van der Waals surface area contributed by atoms with Gasteiger partial charge in [-0.15, -0.1) is 0 Å². The van der Waals surface area contributed by atoms with Gasteiger partial charge in [0, 0.05) is 24.3 Å². The molecule has 3 aliphatic rings. The molecular formula is C96H121NO18Si2. The summed E-state index contributed by atoms with van der Waals surface area (Å²) >= 11 is 0. The van der Waals surface area contributed by atoms with Crippen LogP contribution in [0.2, 0.25) is 38.3 Å². The minimum Gasteiger partial charge on any atom is -0.494 e.